The average Bonchev–Trinajstić information content (AvgIpc) is 2.57. The zero-order chi connectivity index (χ0) is 17.7. The molecule has 0 N–H and O–H groups in total. The molecule has 5 nitrogen and oxygen atoms in total. The Bertz CT molecular complexity index is 580. The summed E-state index contributed by atoms with van der Waals surface area (Å²) in [5, 5.41) is 0. The molecule has 0 aromatic heterocycles. The second kappa shape index (κ2) is 8.30. The Morgan fingerprint density at radius 3 is 2.64 bits per heavy atom. The number of carbonyl (C=O) groups excluding carboxylic acids is 1. The van der Waals surface area contributed by atoms with Gasteiger partial charge in [-0.25, -0.2) is 0 Å². The van der Waals surface area contributed by atoms with Gasteiger partial charge in [-0.3, -0.25) is 14.6 Å². The predicted octanol–water partition coefficient (Wildman–Crippen LogP) is 2.59. The van der Waals surface area contributed by atoms with E-state index in [1.54, 1.807) is 0 Å². The van der Waals surface area contributed by atoms with Crippen molar-refractivity contribution in [2.24, 2.45) is 5.41 Å². The van der Waals surface area contributed by atoms with Crippen molar-refractivity contribution in [2.45, 2.75) is 39.7 Å². The van der Waals surface area contributed by atoms with Crippen molar-refractivity contribution in [1.82, 2.24) is 9.80 Å². The quantitative estimate of drug-likeness (QED) is 0.768. The second-order valence-corrected chi connectivity index (χ2v) is 7.81. The van der Waals surface area contributed by atoms with E-state index in [4.69, 9.17) is 9.78 Å². The third kappa shape index (κ3) is 5.03. The molecular weight excluding hydrogens is 316 g/mol. The standard InChI is InChI=1S/C20H29N2O3/c1-20(2,16-23)15-22-11-9-21(10-12-22)14-18-8-5-7-17-6-3-4-13-24-25-19(17)18/h5,7-8H,3-4,6,9-15H2,1-2H3. The van der Waals surface area contributed by atoms with Gasteiger partial charge in [-0.15, -0.1) is 0 Å². The monoisotopic (exact) mass is 345 g/mol. The van der Waals surface area contributed by atoms with Crippen LogP contribution in [0.25, 0.3) is 0 Å². The third-order valence-corrected chi connectivity index (χ3v) is 5.00. The van der Waals surface area contributed by atoms with Crippen LogP contribution in [0.2, 0.25) is 0 Å². The zero-order valence-electron chi connectivity index (χ0n) is 15.4. The second-order valence-electron chi connectivity index (χ2n) is 7.81. The Kier molecular flexibility index (Phi) is 6.10. The fraction of sp³-hybridized carbons (Fsp3) is 0.650. The lowest BCUT2D eigenvalue weighted by molar-refractivity contribution is -0.210. The Balaban J connectivity index is 1.59. The van der Waals surface area contributed by atoms with Crippen LogP contribution in [0.4, 0.5) is 0 Å². The molecule has 1 fully saturated rings. The van der Waals surface area contributed by atoms with Crippen LogP contribution in [0.3, 0.4) is 0 Å². The SMILES string of the molecule is CC(C)([C]=O)CN1CCN(Cc2cccc3c2OOCCCC3)CC1. The lowest BCUT2D eigenvalue weighted by Gasteiger charge is -2.37. The minimum Gasteiger partial charge on any atom is -0.337 e. The van der Waals surface area contributed by atoms with E-state index in [-0.39, 0.29) is 5.41 Å². The van der Waals surface area contributed by atoms with Gasteiger partial charge in [0, 0.05) is 50.2 Å². The molecule has 0 saturated carbocycles. The Morgan fingerprint density at radius 2 is 1.88 bits per heavy atom. The first kappa shape index (κ1) is 18.4. The van der Waals surface area contributed by atoms with Gasteiger partial charge >= 0.3 is 0 Å². The van der Waals surface area contributed by atoms with E-state index in [9.17, 15) is 4.79 Å². The molecule has 2 aliphatic heterocycles. The summed E-state index contributed by atoms with van der Waals surface area (Å²) >= 11 is 0. The van der Waals surface area contributed by atoms with E-state index in [2.05, 4.69) is 34.3 Å². The summed E-state index contributed by atoms with van der Waals surface area (Å²) in [4.78, 5) is 26.8. The van der Waals surface area contributed by atoms with Crippen molar-refractivity contribution in [2.75, 3.05) is 39.3 Å². The maximum absolute atomic E-state index is 11.0. The summed E-state index contributed by atoms with van der Waals surface area (Å²) in [6.07, 6.45) is 5.39. The Hall–Kier alpha value is -1.43. The molecule has 0 unspecified atom stereocenters. The molecule has 25 heavy (non-hydrogen) atoms. The molecule has 0 amide bonds. The minimum absolute atomic E-state index is 0.386. The number of piperazine rings is 1. The van der Waals surface area contributed by atoms with Crippen LogP contribution < -0.4 is 4.89 Å². The van der Waals surface area contributed by atoms with Gasteiger partial charge < -0.3 is 4.89 Å². The van der Waals surface area contributed by atoms with Gasteiger partial charge in [-0.05, 0) is 24.8 Å². The summed E-state index contributed by atoms with van der Waals surface area (Å²) in [6.45, 7) is 10.2. The van der Waals surface area contributed by atoms with Crippen LogP contribution in [-0.2, 0) is 22.6 Å². The molecule has 5 heteroatoms. The minimum atomic E-state index is -0.386. The highest BCUT2D eigenvalue weighted by Crippen LogP contribution is 2.29. The van der Waals surface area contributed by atoms with Crippen LogP contribution in [0, 0.1) is 5.41 Å². The van der Waals surface area contributed by atoms with Crippen LogP contribution in [0.15, 0.2) is 18.2 Å². The van der Waals surface area contributed by atoms with Crippen LogP contribution in [-0.4, -0.2) is 55.4 Å². The molecule has 1 saturated heterocycles. The molecule has 2 heterocycles. The van der Waals surface area contributed by atoms with Gasteiger partial charge in [-0.2, -0.15) is 4.89 Å². The first-order chi connectivity index (χ1) is 12.1. The molecule has 3 rings (SSSR count). The molecule has 137 valence electrons. The smallest absolute Gasteiger partial charge is 0.205 e. The van der Waals surface area contributed by atoms with Gasteiger partial charge in [-0.1, -0.05) is 32.0 Å². The summed E-state index contributed by atoms with van der Waals surface area (Å²) < 4.78 is 0. The molecule has 0 bridgehead atoms. The molecule has 0 aliphatic carbocycles. The first-order valence-corrected chi connectivity index (χ1v) is 9.32. The van der Waals surface area contributed by atoms with Gasteiger partial charge in [0.2, 0.25) is 6.29 Å². The summed E-state index contributed by atoms with van der Waals surface area (Å²) in [5.41, 5.74) is 2.07. The molecule has 1 aromatic rings. The fourth-order valence-electron chi connectivity index (χ4n) is 3.58. The first-order valence-electron chi connectivity index (χ1n) is 9.32. The predicted molar refractivity (Wildman–Crippen MR) is 97.2 cm³/mol. The number of nitrogens with zero attached hydrogens (tertiary/aromatic N) is 2. The Morgan fingerprint density at radius 1 is 1.12 bits per heavy atom. The normalized spacial score (nSPS) is 20.2. The maximum Gasteiger partial charge on any atom is 0.205 e. The zero-order valence-corrected chi connectivity index (χ0v) is 15.4. The molecule has 2 aliphatic rings. The van der Waals surface area contributed by atoms with Crippen molar-refractivity contribution in [1.29, 1.82) is 0 Å². The number of fused-ring (bicyclic) bond motifs is 1. The van der Waals surface area contributed by atoms with Crippen LogP contribution in [0.1, 0.15) is 37.8 Å². The van der Waals surface area contributed by atoms with Crippen LogP contribution >= 0.6 is 0 Å². The van der Waals surface area contributed by atoms with Gasteiger partial charge in [0.25, 0.3) is 0 Å². The van der Waals surface area contributed by atoms with Crippen LogP contribution in [0.5, 0.6) is 5.75 Å². The highest BCUT2D eigenvalue weighted by molar-refractivity contribution is 5.59. The Labute approximate surface area is 150 Å². The topological polar surface area (TPSA) is 42.0 Å². The van der Waals surface area contributed by atoms with E-state index in [0.717, 1.165) is 64.3 Å². The maximum atomic E-state index is 11.0. The van der Waals surface area contributed by atoms with Gasteiger partial charge in [0.15, 0.2) is 5.75 Å². The number of aryl methyl sites for hydroxylation is 1. The largest absolute Gasteiger partial charge is 0.337 e. The van der Waals surface area contributed by atoms with Crippen molar-refractivity contribution in [3.63, 3.8) is 0 Å². The number of hydrogen-bond donors (Lipinski definition) is 0. The van der Waals surface area contributed by atoms with E-state index in [0.29, 0.717) is 6.61 Å². The number of rotatable bonds is 5. The van der Waals surface area contributed by atoms with E-state index >= 15 is 0 Å². The molecule has 1 aromatic carbocycles. The lowest BCUT2D eigenvalue weighted by atomic mass is 9.95. The van der Waals surface area contributed by atoms with E-state index < -0.39 is 0 Å². The summed E-state index contributed by atoms with van der Waals surface area (Å²) in [7, 11) is 0. The van der Waals surface area contributed by atoms with E-state index in [1.807, 2.05) is 13.8 Å². The third-order valence-electron chi connectivity index (χ3n) is 5.00. The van der Waals surface area contributed by atoms with Crippen molar-refractivity contribution in [3.05, 3.63) is 29.3 Å². The highest BCUT2D eigenvalue weighted by atomic mass is 17.2. The number of hydrogen-bond acceptors (Lipinski definition) is 5. The van der Waals surface area contributed by atoms with Crippen molar-refractivity contribution in [3.8, 4) is 5.75 Å². The number of para-hydroxylation sites is 1. The highest BCUT2D eigenvalue weighted by Gasteiger charge is 2.26. The average molecular weight is 345 g/mol. The van der Waals surface area contributed by atoms with E-state index in [1.165, 1.54) is 11.1 Å². The van der Waals surface area contributed by atoms with Gasteiger partial charge in [0.1, 0.15) is 0 Å². The summed E-state index contributed by atoms with van der Waals surface area (Å²) in [6, 6.07) is 6.40. The van der Waals surface area contributed by atoms with Crippen molar-refractivity contribution >= 4 is 6.29 Å². The molecule has 0 spiro atoms. The molecule has 1 radical (unpaired) electrons. The lowest BCUT2D eigenvalue weighted by Crippen LogP contribution is -2.48. The summed E-state index contributed by atoms with van der Waals surface area (Å²) in [5.74, 6) is 0.918. The number of benzene rings is 1. The van der Waals surface area contributed by atoms with Gasteiger partial charge in [0.05, 0.1) is 6.61 Å². The molecular formula is C20H29N2O3. The molecule has 0 atom stereocenters. The van der Waals surface area contributed by atoms with Crippen molar-refractivity contribution < 1.29 is 14.6 Å². The fourth-order valence-corrected chi connectivity index (χ4v) is 3.58.